The lowest BCUT2D eigenvalue weighted by Gasteiger charge is -1.94. The fourth-order valence-corrected chi connectivity index (χ4v) is 0.621. The normalized spacial score (nSPS) is 17.3. The van der Waals surface area contributed by atoms with E-state index in [1.807, 2.05) is 6.08 Å². The minimum atomic E-state index is -0.156. The van der Waals surface area contributed by atoms with Crippen molar-refractivity contribution in [3.8, 4) is 0 Å². The second-order valence-electron chi connectivity index (χ2n) is 2.42. The predicted octanol–water partition coefficient (Wildman–Crippen LogP) is 0.839. The Hall–Kier alpha value is -0.990. The quantitative estimate of drug-likeness (QED) is 0.586. The van der Waals surface area contributed by atoms with Gasteiger partial charge < -0.3 is 10.6 Å². The van der Waals surface area contributed by atoms with Gasteiger partial charge >= 0.3 is 6.03 Å². The van der Waals surface area contributed by atoms with Crippen molar-refractivity contribution in [1.29, 1.82) is 0 Å². The van der Waals surface area contributed by atoms with Crippen molar-refractivity contribution in [2.75, 3.05) is 7.05 Å². The largest absolute Gasteiger partial charge is 0.341 e. The standard InChI is InChI=1S/C7H12N2O/c1-8-7(10)9-5-4-6-2-3-6/h4-6H,2-3H2,1H3,(H2,8,9,10)/b5-4+. The molecule has 0 radical (unpaired) electrons. The summed E-state index contributed by atoms with van der Waals surface area (Å²) in [6.07, 6.45) is 6.27. The third-order valence-corrected chi connectivity index (χ3v) is 1.43. The third-order valence-electron chi connectivity index (χ3n) is 1.43. The molecule has 0 atom stereocenters. The summed E-state index contributed by atoms with van der Waals surface area (Å²) in [5.74, 6) is 0.720. The minimum absolute atomic E-state index is 0.156. The van der Waals surface area contributed by atoms with Gasteiger partial charge in [-0.1, -0.05) is 6.08 Å². The molecular weight excluding hydrogens is 128 g/mol. The van der Waals surface area contributed by atoms with Crippen molar-refractivity contribution in [2.24, 2.45) is 5.92 Å². The van der Waals surface area contributed by atoms with Gasteiger partial charge in [0.2, 0.25) is 0 Å². The van der Waals surface area contributed by atoms with Crippen molar-refractivity contribution in [3.63, 3.8) is 0 Å². The van der Waals surface area contributed by atoms with E-state index in [4.69, 9.17) is 0 Å². The van der Waals surface area contributed by atoms with Crippen LogP contribution in [0.5, 0.6) is 0 Å². The van der Waals surface area contributed by atoms with Crippen LogP contribution in [0.2, 0.25) is 0 Å². The highest BCUT2D eigenvalue weighted by molar-refractivity contribution is 5.74. The molecular formula is C7H12N2O. The summed E-state index contributed by atoms with van der Waals surface area (Å²) in [5.41, 5.74) is 0. The molecule has 56 valence electrons. The monoisotopic (exact) mass is 140 g/mol. The van der Waals surface area contributed by atoms with Crippen LogP contribution in [-0.2, 0) is 0 Å². The smallest absolute Gasteiger partial charge is 0.318 e. The average Bonchev–Trinajstić information content (AvgIpc) is 2.71. The van der Waals surface area contributed by atoms with E-state index in [9.17, 15) is 4.79 Å². The van der Waals surface area contributed by atoms with E-state index in [2.05, 4.69) is 10.6 Å². The summed E-state index contributed by atoms with van der Waals surface area (Å²) in [4.78, 5) is 10.5. The van der Waals surface area contributed by atoms with Crippen molar-refractivity contribution in [3.05, 3.63) is 12.3 Å². The molecule has 0 saturated heterocycles. The Morgan fingerprint density at radius 3 is 2.80 bits per heavy atom. The van der Waals surface area contributed by atoms with Crippen LogP contribution in [-0.4, -0.2) is 13.1 Å². The predicted molar refractivity (Wildman–Crippen MR) is 39.5 cm³/mol. The Balaban J connectivity index is 2.07. The molecule has 1 saturated carbocycles. The Morgan fingerprint density at radius 1 is 1.60 bits per heavy atom. The number of hydrogen-bond acceptors (Lipinski definition) is 1. The van der Waals surface area contributed by atoms with E-state index >= 15 is 0 Å². The summed E-state index contributed by atoms with van der Waals surface area (Å²) in [6.45, 7) is 0. The molecule has 1 aliphatic rings. The van der Waals surface area contributed by atoms with Gasteiger partial charge in [0.05, 0.1) is 0 Å². The van der Waals surface area contributed by atoms with E-state index in [0.717, 1.165) is 5.92 Å². The van der Waals surface area contributed by atoms with Gasteiger partial charge in [-0.2, -0.15) is 0 Å². The first-order valence-corrected chi connectivity index (χ1v) is 3.48. The van der Waals surface area contributed by atoms with Gasteiger partial charge in [-0.3, -0.25) is 0 Å². The first-order chi connectivity index (χ1) is 4.83. The van der Waals surface area contributed by atoms with Crippen LogP contribution in [0, 0.1) is 5.92 Å². The van der Waals surface area contributed by atoms with E-state index in [-0.39, 0.29) is 6.03 Å². The first kappa shape index (κ1) is 7.12. The molecule has 0 unspecified atom stereocenters. The molecule has 1 fully saturated rings. The molecule has 0 spiro atoms. The molecule has 0 aromatic carbocycles. The summed E-state index contributed by atoms with van der Waals surface area (Å²) in [7, 11) is 1.60. The Kier molecular flexibility index (Phi) is 2.31. The van der Waals surface area contributed by atoms with Crippen LogP contribution in [0.1, 0.15) is 12.8 Å². The maximum absolute atomic E-state index is 10.5. The number of amides is 2. The number of rotatable bonds is 2. The van der Waals surface area contributed by atoms with Gasteiger partial charge in [0, 0.05) is 13.2 Å². The molecule has 1 aliphatic carbocycles. The van der Waals surface area contributed by atoms with E-state index in [1.54, 1.807) is 13.2 Å². The van der Waals surface area contributed by atoms with E-state index in [1.165, 1.54) is 12.8 Å². The molecule has 0 aliphatic heterocycles. The zero-order valence-corrected chi connectivity index (χ0v) is 6.05. The van der Waals surface area contributed by atoms with Crippen LogP contribution in [0.3, 0.4) is 0 Å². The Morgan fingerprint density at radius 2 is 2.30 bits per heavy atom. The van der Waals surface area contributed by atoms with Gasteiger partial charge in [-0.25, -0.2) is 4.79 Å². The minimum Gasteiger partial charge on any atom is -0.341 e. The van der Waals surface area contributed by atoms with Crippen molar-refractivity contribution >= 4 is 6.03 Å². The Bertz CT molecular complexity index is 150. The topological polar surface area (TPSA) is 41.1 Å². The lowest BCUT2D eigenvalue weighted by Crippen LogP contribution is -2.28. The summed E-state index contributed by atoms with van der Waals surface area (Å²) in [5, 5.41) is 5.03. The fourth-order valence-electron chi connectivity index (χ4n) is 0.621. The molecule has 2 amide bonds. The first-order valence-electron chi connectivity index (χ1n) is 3.48. The number of allylic oxidation sites excluding steroid dienone is 1. The SMILES string of the molecule is CNC(=O)N/C=C/C1CC1. The molecule has 0 heterocycles. The second kappa shape index (κ2) is 3.25. The summed E-state index contributed by atoms with van der Waals surface area (Å²) >= 11 is 0. The lowest BCUT2D eigenvalue weighted by atomic mass is 10.4. The maximum atomic E-state index is 10.5. The lowest BCUT2D eigenvalue weighted by molar-refractivity contribution is 0.246. The van der Waals surface area contributed by atoms with Crippen LogP contribution >= 0.6 is 0 Å². The summed E-state index contributed by atoms with van der Waals surface area (Å²) < 4.78 is 0. The highest BCUT2D eigenvalue weighted by atomic mass is 16.2. The molecule has 3 heteroatoms. The molecule has 0 aromatic rings. The van der Waals surface area contributed by atoms with Crippen LogP contribution in [0.4, 0.5) is 4.79 Å². The number of nitrogens with one attached hydrogen (secondary N) is 2. The van der Waals surface area contributed by atoms with Gasteiger partial charge in [0.1, 0.15) is 0 Å². The van der Waals surface area contributed by atoms with E-state index < -0.39 is 0 Å². The zero-order chi connectivity index (χ0) is 7.40. The Labute approximate surface area is 60.5 Å². The number of hydrogen-bond donors (Lipinski definition) is 2. The molecule has 3 nitrogen and oxygen atoms in total. The van der Waals surface area contributed by atoms with Gasteiger partial charge in [-0.05, 0) is 18.8 Å². The fraction of sp³-hybridized carbons (Fsp3) is 0.571. The highest BCUT2D eigenvalue weighted by Gasteiger charge is 2.16. The van der Waals surface area contributed by atoms with E-state index in [0.29, 0.717) is 0 Å². The average molecular weight is 140 g/mol. The molecule has 1 rings (SSSR count). The third kappa shape index (κ3) is 2.53. The zero-order valence-electron chi connectivity index (χ0n) is 6.05. The highest BCUT2D eigenvalue weighted by Crippen LogP contribution is 2.29. The second-order valence-corrected chi connectivity index (χ2v) is 2.42. The van der Waals surface area contributed by atoms with Gasteiger partial charge in [0.15, 0.2) is 0 Å². The van der Waals surface area contributed by atoms with Crippen molar-refractivity contribution < 1.29 is 4.79 Å². The van der Waals surface area contributed by atoms with Crippen LogP contribution < -0.4 is 10.6 Å². The van der Waals surface area contributed by atoms with Gasteiger partial charge in [0.25, 0.3) is 0 Å². The number of carbonyl (C=O) groups is 1. The molecule has 0 aromatic heterocycles. The van der Waals surface area contributed by atoms with Gasteiger partial charge in [-0.15, -0.1) is 0 Å². The molecule has 2 N–H and O–H groups in total. The maximum Gasteiger partial charge on any atom is 0.318 e. The number of carbonyl (C=O) groups excluding carboxylic acids is 1. The van der Waals surface area contributed by atoms with Crippen LogP contribution in [0.15, 0.2) is 12.3 Å². The van der Waals surface area contributed by atoms with Crippen molar-refractivity contribution in [1.82, 2.24) is 10.6 Å². The molecule has 10 heavy (non-hydrogen) atoms. The number of urea groups is 1. The molecule has 0 bridgehead atoms. The van der Waals surface area contributed by atoms with Crippen LogP contribution in [0.25, 0.3) is 0 Å². The summed E-state index contributed by atoms with van der Waals surface area (Å²) in [6, 6.07) is -0.156. The van der Waals surface area contributed by atoms with Crippen molar-refractivity contribution in [2.45, 2.75) is 12.8 Å².